The maximum Gasteiger partial charge on any atom is 0.267 e. The maximum atomic E-state index is 13.8. The maximum absolute atomic E-state index is 13.8. The molecule has 7 heteroatoms. The molecule has 0 unspecified atom stereocenters. The number of rotatable bonds is 7. The van der Waals surface area contributed by atoms with Crippen molar-refractivity contribution in [2.45, 2.75) is 59.5 Å². The molecule has 0 spiro atoms. The molecule has 1 N–H and O–H groups in total. The standard InChI is InChI=1S/C28H31N3O2S2/c1-7-8-23-20(6)25-26(35-23)30-28(31(27(25)33)22-12-10-17(3)19(5)14-22)34-15-24(32)29-21-11-9-16(2)18(4)13-21/h9-14H,7-8,15H2,1-6H3,(H,29,32). The average molecular weight is 506 g/mol. The van der Waals surface area contributed by atoms with Crippen LogP contribution in [0.2, 0.25) is 0 Å². The fourth-order valence-corrected chi connectivity index (χ4v) is 6.14. The topological polar surface area (TPSA) is 64.0 Å². The molecular weight excluding hydrogens is 474 g/mol. The summed E-state index contributed by atoms with van der Waals surface area (Å²) in [5, 5.41) is 4.18. The Labute approximate surface area is 214 Å². The lowest BCUT2D eigenvalue weighted by Crippen LogP contribution is -2.23. The highest BCUT2D eigenvalue weighted by atomic mass is 32.2. The monoisotopic (exact) mass is 505 g/mol. The van der Waals surface area contributed by atoms with Crippen LogP contribution in [0.1, 0.15) is 46.0 Å². The number of hydrogen-bond acceptors (Lipinski definition) is 5. The van der Waals surface area contributed by atoms with E-state index in [1.165, 1.54) is 22.2 Å². The van der Waals surface area contributed by atoms with Crippen molar-refractivity contribution in [3.63, 3.8) is 0 Å². The molecule has 1 amide bonds. The number of thiophene rings is 1. The van der Waals surface area contributed by atoms with Gasteiger partial charge < -0.3 is 5.32 Å². The quantitative estimate of drug-likeness (QED) is 0.225. The molecule has 2 heterocycles. The van der Waals surface area contributed by atoms with Crippen molar-refractivity contribution >= 4 is 44.9 Å². The fraction of sp³-hybridized carbons (Fsp3) is 0.321. The van der Waals surface area contributed by atoms with E-state index in [4.69, 9.17) is 4.98 Å². The summed E-state index contributed by atoms with van der Waals surface area (Å²) in [4.78, 5) is 33.4. The smallest absolute Gasteiger partial charge is 0.267 e. The Kier molecular flexibility index (Phi) is 7.47. The lowest BCUT2D eigenvalue weighted by molar-refractivity contribution is -0.113. The van der Waals surface area contributed by atoms with Gasteiger partial charge in [-0.15, -0.1) is 11.3 Å². The van der Waals surface area contributed by atoms with Gasteiger partial charge in [0.2, 0.25) is 5.91 Å². The Balaban J connectivity index is 1.73. The van der Waals surface area contributed by atoms with E-state index in [0.717, 1.165) is 51.3 Å². The SMILES string of the molecule is CCCc1sc2nc(SCC(=O)Nc3ccc(C)c(C)c3)n(-c3ccc(C)c(C)c3)c(=O)c2c1C. The van der Waals surface area contributed by atoms with Crippen molar-refractivity contribution in [2.24, 2.45) is 0 Å². The highest BCUT2D eigenvalue weighted by molar-refractivity contribution is 7.99. The summed E-state index contributed by atoms with van der Waals surface area (Å²) in [6.45, 7) is 12.3. The second kappa shape index (κ2) is 10.4. The summed E-state index contributed by atoms with van der Waals surface area (Å²) in [6, 6.07) is 11.9. The van der Waals surface area contributed by atoms with Gasteiger partial charge in [0.25, 0.3) is 5.56 Å². The molecule has 0 saturated carbocycles. The fourth-order valence-electron chi connectivity index (χ4n) is 4.01. The summed E-state index contributed by atoms with van der Waals surface area (Å²) in [5.41, 5.74) is 7.06. The van der Waals surface area contributed by atoms with Crippen LogP contribution in [0.4, 0.5) is 5.69 Å². The predicted molar refractivity (Wildman–Crippen MR) is 149 cm³/mol. The third kappa shape index (κ3) is 5.21. The van der Waals surface area contributed by atoms with Crippen LogP contribution in [-0.2, 0) is 11.2 Å². The molecule has 35 heavy (non-hydrogen) atoms. The molecule has 0 saturated heterocycles. The van der Waals surface area contributed by atoms with Gasteiger partial charge in [0.05, 0.1) is 16.8 Å². The van der Waals surface area contributed by atoms with Crippen LogP contribution in [0.5, 0.6) is 0 Å². The number of carbonyl (C=O) groups excluding carboxylic acids is 1. The molecule has 0 aliphatic rings. The van der Waals surface area contributed by atoms with Gasteiger partial charge in [-0.2, -0.15) is 0 Å². The van der Waals surface area contributed by atoms with Gasteiger partial charge in [-0.1, -0.05) is 37.2 Å². The van der Waals surface area contributed by atoms with E-state index in [1.54, 1.807) is 15.9 Å². The van der Waals surface area contributed by atoms with Crippen LogP contribution >= 0.6 is 23.1 Å². The first kappa shape index (κ1) is 25.2. The Morgan fingerprint density at radius 2 is 1.69 bits per heavy atom. The first-order valence-corrected chi connectivity index (χ1v) is 13.6. The van der Waals surface area contributed by atoms with Gasteiger partial charge in [0, 0.05) is 10.6 Å². The molecule has 0 aliphatic carbocycles. The number of fused-ring (bicyclic) bond motifs is 1. The molecule has 0 aliphatic heterocycles. The summed E-state index contributed by atoms with van der Waals surface area (Å²) in [7, 11) is 0. The second-order valence-electron chi connectivity index (χ2n) is 9.02. The number of nitrogens with zero attached hydrogens (tertiary/aromatic N) is 2. The van der Waals surface area contributed by atoms with E-state index in [9.17, 15) is 9.59 Å². The first-order valence-electron chi connectivity index (χ1n) is 11.8. The largest absolute Gasteiger partial charge is 0.325 e. The van der Waals surface area contributed by atoms with E-state index in [2.05, 4.69) is 19.2 Å². The number of thioether (sulfide) groups is 1. The Morgan fingerprint density at radius 1 is 1.00 bits per heavy atom. The highest BCUT2D eigenvalue weighted by Gasteiger charge is 2.20. The zero-order valence-corrected chi connectivity index (χ0v) is 22.7. The van der Waals surface area contributed by atoms with Gasteiger partial charge >= 0.3 is 0 Å². The van der Waals surface area contributed by atoms with Crippen molar-refractivity contribution in [3.8, 4) is 5.69 Å². The average Bonchev–Trinajstić information content (AvgIpc) is 3.12. The Hall–Kier alpha value is -2.90. The third-order valence-corrected chi connectivity index (χ3v) is 8.57. The lowest BCUT2D eigenvalue weighted by Gasteiger charge is -2.14. The normalized spacial score (nSPS) is 11.3. The van der Waals surface area contributed by atoms with Gasteiger partial charge in [-0.25, -0.2) is 4.98 Å². The molecule has 4 rings (SSSR count). The molecule has 4 aromatic rings. The number of anilines is 1. The molecule has 182 valence electrons. The Bertz CT molecular complexity index is 1480. The number of amides is 1. The van der Waals surface area contributed by atoms with Gasteiger partial charge in [-0.3, -0.25) is 14.2 Å². The number of carbonyl (C=O) groups is 1. The second-order valence-corrected chi connectivity index (χ2v) is 11.0. The minimum Gasteiger partial charge on any atom is -0.325 e. The number of aryl methyl sites for hydroxylation is 6. The first-order chi connectivity index (χ1) is 16.7. The molecule has 2 aromatic carbocycles. The number of nitrogens with one attached hydrogen (secondary N) is 1. The molecule has 0 bridgehead atoms. The minimum absolute atomic E-state index is 0.0774. The predicted octanol–water partition coefficient (Wildman–Crippen LogP) is 6.67. The van der Waals surface area contributed by atoms with Crippen LogP contribution in [0, 0.1) is 34.6 Å². The zero-order chi connectivity index (χ0) is 25.3. The van der Waals surface area contributed by atoms with E-state index >= 15 is 0 Å². The molecule has 2 aromatic heterocycles. The van der Waals surface area contributed by atoms with Gasteiger partial charge in [-0.05, 0) is 93.1 Å². The van der Waals surface area contributed by atoms with Crippen LogP contribution in [0.3, 0.4) is 0 Å². The van der Waals surface area contributed by atoms with Crippen LogP contribution < -0.4 is 10.9 Å². The van der Waals surface area contributed by atoms with Crippen LogP contribution in [0.15, 0.2) is 46.3 Å². The number of hydrogen-bond donors (Lipinski definition) is 1. The molecular formula is C28H31N3O2S2. The molecule has 5 nitrogen and oxygen atoms in total. The van der Waals surface area contributed by atoms with Gasteiger partial charge in [0.15, 0.2) is 5.16 Å². The van der Waals surface area contributed by atoms with Crippen molar-refractivity contribution in [1.82, 2.24) is 9.55 Å². The lowest BCUT2D eigenvalue weighted by atomic mass is 10.1. The molecule has 0 atom stereocenters. The molecule has 0 radical (unpaired) electrons. The van der Waals surface area contributed by atoms with E-state index in [1.807, 2.05) is 64.1 Å². The molecule has 0 fully saturated rings. The van der Waals surface area contributed by atoms with Crippen molar-refractivity contribution in [2.75, 3.05) is 11.1 Å². The minimum atomic E-state index is -0.131. The van der Waals surface area contributed by atoms with Crippen LogP contribution in [0.25, 0.3) is 15.9 Å². The Morgan fingerprint density at radius 3 is 2.34 bits per heavy atom. The summed E-state index contributed by atoms with van der Waals surface area (Å²) in [6.07, 6.45) is 1.94. The highest BCUT2D eigenvalue weighted by Crippen LogP contribution is 2.31. The van der Waals surface area contributed by atoms with Crippen LogP contribution in [-0.4, -0.2) is 21.2 Å². The zero-order valence-electron chi connectivity index (χ0n) is 21.1. The summed E-state index contributed by atoms with van der Waals surface area (Å²) >= 11 is 2.88. The van der Waals surface area contributed by atoms with E-state index in [0.29, 0.717) is 10.5 Å². The summed E-state index contributed by atoms with van der Waals surface area (Å²) < 4.78 is 1.66. The van der Waals surface area contributed by atoms with Crippen molar-refractivity contribution in [3.05, 3.63) is 79.4 Å². The number of benzene rings is 2. The third-order valence-electron chi connectivity index (χ3n) is 6.38. The number of aromatic nitrogens is 2. The van der Waals surface area contributed by atoms with E-state index < -0.39 is 0 Å². The van der Waals surface area contributed by atoms with Crippen molar-refractivity contribution < 1.29 is 4.79 Å². The van der Waals surface area contributed by atoms with E-state index in [-0.39, 0.29) is 17.2 Å². The van der Waals surface area contributed by atoms with Crippen molar-refractivity contribution in [1.29, 1.82) is 0 Å². The summed E-state index contributed by atoms with van der Waals surface area (Å²) in [5.74, 6) is 0.0234. The van der Waals surface area contributed by atoms with Gasteiger partial charge in [0.1, 0.15) is 4.83 Å².